The van der Waals surface area contributed by atoms with Crippen molar-refractivity contribution in [2.75, 3.05) is 6.54 Å². The van der Waals surface area contributed by atoms with Gasteiger partial charge in [0, 0.05) is 18.5 Å². The van der Waals surface area contributed by atoms with Gasteiger partial charge in [0.25, 0.3) is 0 Å². The SMILES string of the molecule is O=C(O)C1CCCC(C(=O)N(CC2CC2)C2CCCCC2)C1. The summed E-state index contributed by atoms with van der Waals surface area (Å²) in [6.07, 6.45) is 11.7. The quantitative estimate of drug-likeness (QED) is 0.846. The lowest BCUT2D eigenvalue weighted by atomic mass is 9.80. The van der Waals surface area contributed by atoms with Crippen molar-refractivity contribution in [3.63, 3.8) is 0 Å². The van der Waals surface area contributed by atoms with Crippen molar-refractivity contribution in [1.82, 2.24) is 4.90 Å². The fourth-order valence-corrected chi connectivity index (χ4v) is 4.26. The molecule has 1 amide bonds. The first-order valence-electron chi connectivity index (χ1n) is 9.18. The minimum Gasteiger partial charge on any atom is -0.481 e. The minimum absolute atomic E-state index is 0.0458. The highest BCUT2D eigenvalue weighted by atomic mass is 16.4. The average molecular weight is 307 g/mol. The van der Waals surface area contributed by atoms with Crippen LogP contribution in [0.4, 0.5) is 0 Å². The molecule has 1 N–H and O–H groups in total. The smallest absolute Gasteiger partial charge is 0.306 e. The Labute approximate surface area is 133 Å². The molecule has 2 atom stereocenters. The summed E-state index contributed by atoms with van der Waals surface area (Å²) in [5, 5.41) is 9.26. The molecule has 0 aromatic heterocycles. The molecule has 0 aromatic rings. The normalized spacial score (nSPS) is 30.0. The summed E-state index contributed by atoms with van der Waals surface area (Å²) in [7, 11) is 0. The van der Waals surface area contributed by atoms with E-state index >= 15 is 0 Å². The molecule has 0 radical (unpaired) electrons. The molecule has 0 heterocycles. The maximum Gasteiger partial charge on any atom is 0.306 e. The van der Waals surface area contributed by atoms with Crippen LogP contribution < -0.4 is 0 Å². The standard InChI is InChI=1S/C18H29NO3/c20-17(14-5-4-6-15(11-14)18(21)22)19(12-13-9-10-13)16-7-2-1-3-8-16/h13-16H,1-12H2,(H,21,22). The molecule has 4 nitrogen and oxygen atoms in total. The van der Waals surface area contributed by atoms with Crippen molar-refractivity contribution >= 4 is 11.9 Å². The Balaban J connectivity index is 1.65. The third kappa shape index (κ3) is 3.82. The van der Waals surface area contributed by atoms with E-state index in [0.717, 1.165) is 38.6 Å². The zero-order valence-corrected chi connectivity index (χ0v) is 13.5. The summed E-state index contributed by atoms with van der Waals surface area (Å²) < 4.78 is 0. The van der Waals surface area contributed by atoms with Gasteiger partial charge in [-0.3, -0.25) is 9.59 Å². The summed E-state index contributed by atoms with van der Waals surface area (Å²) in [4.78, 5) is 26.5. The number of aliphatic carboxylic acids is 1. The zero-order valence-electron chi connectivity index (χ0n) is 13.5. The number of carbonyl (C=O) groups excluding carboxylic acids is 1. The molecule has 124 valence electrons. The van der Waals surface area contributed by atoms with Crippen LogP contribution in [0.3, 0.4) is 0 Å². The molecule has 0 saturated heterocycles. The van der Waals surface area contributed by atoms with Crippen molar-refractivity contribution < 1.29 is 14.7 Å². The van der Waals surface area contributed by atoms with Crippen molar-refractivity contribution in [1.29, 1.82) is 0 Å². The number of amides is 1. The van der Waals surface area contributed by atoms with Crippen LogP contribution in [-0.2, 0) is 9.59 Å². The number of carboxylic acid groups (broad SMARTS) is 1. The summed E-state index contributed by atoms with van der Waals surface area (Å²) in [5.41, 5.74) is 0. The number of carboxylic acids is 1. The van der Waals surface area contributed by atoms with Crippen molar-refractivity contribution in [2.45, 2.75) is 76.7 Å². The summed E-state index contributed by atoms with van der Waals surface area (Å²) in [5.74, 6) is -0.0919. The molecule has 0 aliphatic heterocycles. The van der Waals surface area contributed by atoms with Gasteiger partial charge in [-0.1, -0.05) is 25.7 Å². The van der Waals surface area contributed by atoms with Crippen LogP contribution in [0.25, 0.3) is 0 Å². The van der Waals surface area contributed by atoms with E-state index in [1.54, 1.807) is 0 Å². The molecule has 3 aliphatic carbocycles. The van der Waals surface area contributed by atoms with Gasteiger partial charge in [0.15, 0.2) is 0 Å². The first-order chi connectivity index (χ1) is 10.6. The third-order valence-corrected chi connectivity index (χ3v) is 5.82. The fraction of sp³-hybridized carbons (Fsp3) is 0.889. The van der Waals surface area contributed by atoms with Gasteiger partial charge in [-0.25, -0.2) is 0 Å². The van der Waals surface area contributed by atoms with Gasteiger partial charge >= 0.3 is 5.97 Å². The van der Waals surface area contributed by atoms with Crippen LogP contribution >= 0.6 is 0 Å². The molecular formula is C18H29NO3. The lowest BCUT2D eigenvalue weighted by molar-refractivity contribution is -0.146. The van der Waals surface area contributed by atoms with Crippen LogP contribution in [0, 0.1) is 17.8 Å². The van der Waals surface area contributed by atoms with E-state index in [4.69, 9.17) is 0 Å². The molecule has 0 spiro atoms. The first-order valence-corrected chi connectivity index (χ1v) is 9.18. The van der Waals surface area contributed by atoms with Crippen molar-refractivity contribution in [3.8, 4) is 0 Å². The van der Waals surface area contributed by atoms with E-state index in [9.17, 15) is 14.7 Å². The highest BCUT2D eigenvalue weighted by molar-refractivity contribution is 5.80. The Morgan fingerprint density at radius 3 is 2.18 bits per heavy atom. The topological polar surface area (TPSA) is 57.6 Å². The second-order valence-electron chi connectivity index (χ2n) is 7.62. The Kier molecular flexibility index (Phi) is 5.04. The Morgan fingerprint density at radius 2 is 1.55 bits per heavy atom. The minimum atomic E-state index is -0.719. The molecule has 3 fully saturated rings. The first kappa shape index (κ1) is 15.8. The predicted octanol–water partition coefficient (Wildman–Crippen LogP) is 3.45. The number of hydrogen-bond donors (Lipinski definition) is 1. The monoisotopic (exact) mass is 307 g/mol. The third-order valence-electron chi connectivity index (χ3n) is 5.82. The van der Waals surface area contributed by atoms with Gasteiger partial charge in [0.2, 0.25) is 5.91 Å². The predicted molar refractivity (Wildman–Crippen MR) is 84.4 cm³/mol. The largest absolute Gasteiger partial charge is 0.481 e. The Hall–Kier alpha value is -1.06. The maximum atomic E-state index is 13.1. The molecule has 0 bridgehead atoms. The maximum absolute atomic E-state index is 13.1. The van der Waals surface area contributed by atoms with E-state index in [-0.39, 0.29) is 17.7 Å². The van der Waals surface area contributed by atoms with Crippen molar-refractivity contribution in [2.24, 2.45) is 17.8 Å². The van der Waals surface area contributed by atoms with E-state index in [0.29, 0.717) is 18.4 Å². The van der Waals surface area contributed by atoms with Crippen LogP contribution in [0.15, 0.2) is 0 Å². The van der Waals surface area contributed by atoms with Crippen LogP contribution in [0.1, 0.15) is 70.6 Å². The van der Waals surface area contributed by atoms with Gasteiger partial charge in [-0.15, -0.1) is 0 Å². The van der Waals surface area contributed by atoms with Gasteiger partial charge in [-0.05, 0) is 50.9 Å². The fourth-order valence-electron chi connectivity index (χ4n) is 4.26. The van der Waals surface area contributed by atoms with Crippen LogP contribution in [-0.4, -0.2) is 34.5 Å². The van der Waals surface area contributed by atoms with E-state index in [2.05, 4.69) is 4.90 Å². The second-order valence-corrected chi connectivity index (χ2v) is 7.62. The molecule has 4 heteroatoms. The van der Waals surface area contributed by atoms with E-state index in [1.165, 1.54) is 32.1 Å². The van der Waals surface area contributed by atoms with E-state index < -0.39 is 5.97 Å². The number of carbonyl (C=O) groups is 2. The Bertz CT molecular complexity index is 413. The second kappa shape index (κ2) is 7.01. The highest BCUT2D eigenvalue weighted by Crippen LogP contribution is 2.36. The number of hydrogen-bond acceptors (Lipinski definition) is 2. The summed E-state index contributed by atoms with van der Waals surface area (Å²) in [6.45, 7) is 0.928. The number of rotatable bonds is 5. The molecular weight excluding hydrogens is 278 g/mol. The number of nitrogens with zero attached hydrogens (tertiary/aromatic N) is 1. The Morgan fingerprint density at radius 1 is 0.864 bits per heavy atom. The van der Waals surface area contributed by atoms with Crippen LogP contribution in [0.2, 0.25) is 0 Å². The van der Waals surface area contributed by atoms with Crippen LogP contribution in [0.5, 0.6) is 0 Å². The molecule has 0 aromatic carbocycles. The van der Waals surface area contributed by atoms with E-state index in [1.807, 2.05) is 0 Å². The average Bonchev–Trinajstić information content (AvgIpc) is 3.37. The van der Waals surface area contributed by atoms with Crippen molar-refractivity contribution in [3.05, 3.63) is 0 Å². The summed E-state index contributed by atoms with van der Waals surface area (Å²) >= 11 is 0. The lowest BCUT2D eigenvalue weighted by Gasteiger charge is -2.38. The van der Waals surface area contributed by atoms with Gasteiger partial charge < -0.3 is 10.0 Å². The zero-order chi connectivity index (χ0) is 15.5. The van der Waals surface area contributed by atoms with Gasteiger partial charge in [-0.2, -0.15) is 0 Å². The molecule has 2 unspecified atom stereocenters. The lowest BCUT2D eigenvalue weighted by Crippen LogP contribution is -2.46. The molecule has 3 saturated carbocycles. The highest BCUT2D eigenvalue weighted by Gasteiger charge is 2.37. The van der Waals surface area contributed by atoms with Gasteiger partial charge in [0.1, 0.15) is 0 Å². The molecule has 3 rings (SSSR count). The van der Waals surface area contributed by atoms with Gasteiger partial charge in [0.05, 0.1) is 5.92 Å². The molecule has 3 aliphatic rings. The summed E-state index contributed by atoms with van der Waals surface area (Å²) in [6, 6.07) is 0.423. The molecule has 22 heavy (non-hydrogen) atoms.